The van der Waals surface area contributed by atoms with E-state index in [1.165, 1.54) is 0 Å². The first kappa shape index (κ1) is 15.4. The minimum absolute atomic E-state index is 0.627. The average molecular weight is 315 g/mol. The summed E-state index contributed by atoms with van der Waals surface area (Å²) in [5, 5.41) is 23.1. The number of hydrogen-bond acceptors (Lipinski definition) is 5. The summed E-state index contributed by atoms with van der Waals surface area (Å²) in [6.07, 6.45) is 1.69. The number of aliphatic hydroxyl groups is 1. The van der Waals surface area contributed by atoms with Crippen molar-refractivity contribution in [2.75, 3.05) is 12.4 Å². The van der Waals surface area contributed by atoms with Crippen LogP contribution >= 0.6 is 0 Å². The molecule has 0 bridgehead atoms. The third-order valence-electron chi connectivity index (χ3n) is 3.89. The first-order valence-corrected chi connectivity index (χ1v) is 7.34. The molecule has 122 valence electrons. The molecular formula is C16H21N5O2. The molecule has 0 atom stereocenters. The van der Waals surface area contributed by atoms with Gasteiger partial charge >= 0.3 is 0 Å². The minimum Gasteiger partial charge on any atom is -0.480 e. The normalized spacial score (nSPS) is 11.9. The summed E-state index contributed by atoms with van der Waals surface area (Å²) in [6.45, 7) is 3.53. The molecule has 0 aliphatic heterocycles. The Morgan fingerprint density at radius 2 is 1.96 bits per heavy atom. The van der Waals surface area contributed by atoms with Gasteiger partial charge in [-0.05, 0) is 31.5 Å². The zero-order chi connectivity index (χ0) is 16.8. The van der Waals surface area contributed by atoms with Crippen LogP contribution in [0.1, 0.15) is 19.4 Å². The molecule has 1 aromatic carbocycles. The molecule has 0 saturated carbocycles. The van der Waals surface area contributed by atoms with E-state index in [0.717, 1.165) is 22.2 Å². The molecule has 0 spiro atoms. The number of anilines is 2. The molecule has 3 aromatic rings. The molecule has 3 rings (SSSR count). The number of fused-ring (bicyclic) bond motifs is 1. The molecule has 7 heteroatoms. The van der Waals surface area contributed by atoms with E-state index in [0.29, 0.717) is 11.7 Å². The maximum Gasteiger partial charge on any atom is 0.235 e. The van der Waals surface area contributed by atoms with Crippen LogP contribution in [0.5, 0.6) is 5.88 Å². The van der Waals surface area contributed by atoms with E-state index in [4.69, 9.17) is 4.74 Å². The third kappa shape index (κ3) is 2.63. The van der Waals surface area contributed by atoms with Crippen LogP contribution < -0.4 is 10.1 Å². The fraction of sp³-hybridized carbons (Fsp3) is 0.375. The number of hydrogen-bond donors (Lipinski definition) is 2. The largest absolute Gasteiger partial charge is 0.480 e. The first-order valence-electron chi connectivity index (χ1n) is 7.34. The molecule has 0 unspecified atom stereocenters. The number of benzene rings is 1. The van der Waals surface area contributed by atoms with Gasteiger partial charge in [-0.25, -0.2) is 4.68 Å². The van der Waals surface area contributed by atoms with Gasteiger partial charge in [0.1, 0.15) is 5.69 Å². The van der Waals surface area contributed by atoms with E-state index >= 15 is 0 Å². The highest BCUT2D eigenvalue weighted by Gasteiger charge is 2.19. The van der Waals surface area contributed by atoms with Crippen molar-refractivity contribution in [2.24, 2.45) is 14.1 Å². The quantitative estimate of drug-likeness (QED) is 0.772. The van der Waals surface area contributed by atoms with Gasteiger partial charge in [0.15, 0.2) is 5.82 Å². The molecule has 0 amide bonds. The number of methoxy groups -OCH3 is 1. The molecule has 0 saturated heterocycles. The van der Waals surface area contributed by atoms with E-state index in [2.05, 4.69) is 15.5 Å². The Kier molecular flexibility index (Phi) is 3.52. The fourth-order valence-electron chi connectivity index (χ4n) is 2.62. The number of nitrogens with one attached hydrogen (secondary N) is 1. The highest BCUT2D eigenvalue weighted by atomic mass is 16.5. The molecule has 0 fully saturated rings. The summed E-state index contributed by atoms with van der Waals surface area (Å²) in [5.41, 5.74) is 1.64. The number of ether oxygens (including phenoxy) is 1. The lowest BCUT2D eigenvalue weighted by molar-refractivity contribution is 0.0787. The van der Waals surface area contributed by atoms with Gasteiger partial charge in [0.25, 0.3) is 0 Å². The van der Waals surface area contributed by atoms with Crippen LogP contribution in [0.4, 0.5) is 11.5 Å². The van der Waals surface area contributed by atoms with E-state index in [1.54, 1.807) is 36.5 Å². The molecule has 2 heterocycles. The topological polar surface area (TPSA) is 77.1 Å². The van der Waals surface area contributed by atoms with Crippen LogP contribution in [-0.4, -0.2) is 31.8 Å². The molecule has 0 aliphatic carbocycles. The van der Waals surface area contributed by atoms with Gasteiger partial charge in [-0.2, -0.15) is 10.2 Å². The highest BCUT2D eigenvalue weighted by molar-refractivity contribution is 5.92. The van der Waals surface area contributed by atoms with Crippen LogP contribution in [-0.2, 0) is 19.7 Å². The van der Waals surface area contributed by atoms with E-state index in [9.17, 15) is 5.11 Å². The monoisotopic (exact) mass is 315 g/mol. The molecule has 0 radical (unpaired) electrons. The van der Waals surface area contributed by atoms with Gasteiger partial charge in [-0.3, -0.25) is 4.68 Å². The van der Waals surface area contributed by atoms with E-state index < -0.39 is 5.60 Å². The maximum atomic E-state index is 10.2. The lowest BCUT2D eigenvalue weighted by atomic mass is 9.97. The number of nitrogens with zero attached hydrogens (tertiary/aromatic N) is 4. The van der Waals surface area contributed by atoms with Crippen molar-refractivity contribution in [3.05, 3.63) is 30.0 Å². The van der Waals surface area contributed by atoms with Gasteiger partial charge in [-0.15, -0.1) is 0 Å². The van der Waals surface area contributed by atoms with Crippen molar-refractivity contribution in [3.63, 3.8) is 0 Å². The zero-order valence-corrected chi connectivity index (χ0v) is 14.0. The van der Waals surface area contributed by atoms with Crippen molar-refractivity contribution in [1.29, 1.82) is 0 Å². The molecule has 7 nitrogen and oxygen atoms in total. The number of aromatic nitrogens is 4. The van der Waals surface area contributed by atoms with Gasteiger partial charge < -0.3 is 15.2 Å². The summed E-state index contributed by atoms with van der Waals surface area (Å²) in [4.78, 5) is 0. The predicted octanol–water partition coefficient (Wildman–Crippen LogP) is 2.29. The Morgan fingerprint density at radius 3 is 2.61 bits per heavy atom. The summed E-state index contributed by atoms with van der Waals surface area (Å²) in [7, 11) is 5.30. The second kappa shape index (κ2) is 5.27. The van der Waals surface area contributed by atoms with Gasteiger partial charge in [0, 0.05) is 19.5 Å². The Hall–Kier alpha value is -2.54. The summed E-state index contributed by atoms with van der Waals surface area (Å²) < 4.78 is 8.80. The van der Waals surface area contributed by atoms with Crippen molar-refractivity contribution < 1.29 is 9.84 Å². The lowest BCUT2D eigenvalue weighted by Gasteiger charge is -2.17. The zero-order valence-electron chi connectivity index (χ0n) is 14.0. The second-order valence-corrected chi connectivity index (χ2v) is 6.08. The van der Waals surface area contributed by atoms with Crippen LogP contribution in [0.15, 0.2) is 24.4 Å². The Labute approximate surface area is 134 Å². The van der Waals surface area contributed by atoms with Crippen molar-refractivity contribution >= 4 is 22.4 Å². The minimum atomic E-state index is -0.909. The van der Waals surface area contributed by atoms with Gasteiger partial charge in [0.2, 0.25) is 5.88 Å². The van der Waals surface area contributed by atoms with E-state index in [1.807, 2.05) is 32.3 Å². The third-order valence-corrected chi connectivity index (χ3v) is 3.89. The summed E-state index contributed by atoms with van der Waals surface area (Å²) >= 11 is 0. The predicted molar refractivity (Wildman–Crippen MR) is 89.0 cm³/mol. The van der Waals surface area contributed by atoms with Crippen LogP contribution in [0.2, 0.25) is 0 Å². The standard InChI is InChI=1S/C16H21N5O2/c1-16(2,22)10-6-7-13-11(8-10)14(19-20(13)3)18-12-9-17-21(4)15(12)23-5/h6-9,22H,1-5H3,(H,18,19). The second-order valence-electron chi connectivity index (χ2n) is 6.08. The SMILES string of the molecule is COc1c(Nc2nn(C)c3ccc(C(C)(C)O)cc23)cnn1C. The van der Waals surface area contributed by atoms with Gasteiger partial charge in [-0.1, -0.05) is 6.07 Å². The molecule has 23 heavy (non-hydrogen) atoms. The van der Waals surface area contributed by atoms with Crippen LogP contribution in [0.3, 0.4) is 0 Å². The Morgan fingerprint density at radius 1 is 1.22 bits per heavy atom. The number of rotatable bonds is 4. The van der Waals surface area contributed by atoms with Crippen molar-refractivity contribution in [3.8, 4) is 5.88 Å². The highest BCUT2D eigenvalue weighted by Crippen LogP contribution is 2.32. The van der Waals surface area contributed by atoms with Crippen molar-refractivity contribution in [1.82, 2.24) is 19.6 Å². The summed E-state index contributed by atoms with van der Waals surface area (Å²) in [6, 6.07) is 5.83. The molecule has 2 N–H and O–H groups in total. The Bertz CT molecular complexity index is 857. The van der Waals surface area contributed by atoms with Crippen molar-refractivity contribution in [2.45, 2.75) is 19.4 Å². The molecular weight excluding hydrogens is 294 g/mol. The van der Waals surface area contributed by atoms with Crippen LogP contribution in [0.25, 0.3) is 10.9 Å². The van der Waals surface area contributed by atoms with Gasteiger partial charge in [0.05, 0.1) is 24.4 Å². The lowest BCUT2D eigenvalue weighted by Crippen LogP contribution is -2.15. The number of aryl methyl sites for hydroxylation is 2. The fourth-order valence-corrected chi connectivity index (χ4v) is 2.62. The maximum absolute atomic E-state index is 10.2. The van der Waals surface area contributed by atoms with Crippen LogP contribution in [0, 0.1) is 0 Å². The summed E-state index contributed by atoms with van der Waals surface area (Å²) in [5.74, 6) is 1.32. The Balaban J connectivity index is 2.10. The smallest absolute Gasteiger partial charge is 0.235 e. The van der Waals surface area contributed by atoms with E-state index in [-0.39, 0.29) is 0 Å². The molecule has 2 aromatic heterocycles. The molecule has 0 aliphatic rings. The average Bonchev–Trinajstić information content (AvgIpc) is 2.99. The first-order chi connectivity index (χ1) is 10.8.